The second-order valence-corrected chi connectivity index (χ2v) is 6.21. The zero-order valence-electron chi connectivity index (χ0n) is 12.1. The maximum atomic E-state index is 2.28. The molecule has 1 unspecified atom stereocenters. The normalized spacial score (nSPS) is 10.9. The second kappa shape index (κ2) is 10.5. The summed E-state index contributed by atoms with van der Waals surface area (Å²) in [7, 11) is 0. The molecule has 3 aromatic carbocycles. The Morgan fingerprint density at radius 3 is 1.95 bits per heavy atom. The van der Waals surface area contributed by atoms with Crippen LogP contribution < -0.4 is 0 Å². The fourth-order valence-corrected chi connectivity index (χ4v) is 3.03. The molecule has 0 amide bonds. The van der Waals surface area contributed by atoms with E-state index in [9.17, 15) is 0 Å². The summed E-state index contributed by atoms with van der Waals surface area (Å²) >= 11 is 1.94. The van der Waals surface area contributed by atoms with Gasteiger partial charge in [-0.25, -0.2) is 12.1 Å². The molecule has 0 aliphatic heterocycles. The van der Waals surface area contributed by atoms with Crippen LogP contribution in [0.25, 0.3) is 0 Å². The minimum absolute atomic E-state index is 0. The summed E-state index contributed by atoms with van der Waals surface area (Å²) in [6, 6.07) is 29.2. The standard InChI is InChI=1S/C14H15S.C5H5.Fe/c1-12(11-13-7-5-6-8-13)15-14-9-3-2-4-10-14;1-2-4-5-3-1;/h2-10,12H,11H2,1H3;1-5H;/q-1;-5;. The van der Waals surface area contributed by atoms with Crippen LogP contribution in [-0.4, -0.2) is 5.25 Å². The molecule has 0 bridgehead atoms. The van der Waals surface area contributed by atoms with Crippen LogP contribution in [0.4, 0.5) is 0 Å². The Balaban J connectivity index is 0.000000313. The van der Waals surface area contributed by atoms with E-state index in [0.29, 0.717) is 5.25 Å². The van der Waals surface area contributed by atoms with Crippen molar-refractivity contribution < 1.29 is 17.1 Å². The van der Waals surface area contributed by atoms with Gasteiger partial charge in [-0.3, -0.25) is 0 Å². The van der Waals surface area contributed by atoms with E-state index in [1.807, 2.05) is 42.1 Å². The van der Waals surface area contributed by atoms with E-state index in [1.54, 1.807) is 0 Å². The van der Waals surface area contributed by atoms with Gasteiger partial charge in [0, 0.05) is 27.2 Å². The average Bonchev–Trinajstić information content (AvgIpc) is 3.15. The molecule has 21 heavy (non-hydrogen) atoms. The van der Waals surface area contributed by atoms with Gasteiger partial charge >= 0.3 is 0 Å². The predicted molar refractivity (Wildman–Crippen MR) is 89.5 cm³/mol. The molecule has 0 radical (unpaired) electrons. The van der Waals surface area contributed by atoms with E-state index in [4.69, 9.17) is 0 Å². The van der Waals surface area contributed by atoms with Gasteiger partial charge in [0.2, 0.25) is 0 Å². The van der Waals surface area contributed by atoms with Gasteiger partial charge in [0.15, 0.2) is 0 Å². The van der Waals surface area contributed by atoms with Crippen molar-refractivity contribution in [2.45, 2.75) is 23.5 Å². The third kappa shape index (κ3) is 7.38. The minimum atomic E-state index is 0. The molecule has 3 rings (SSSR count). The maximum absolute atomic E-state index is 2.28. The van der Waals surface area contributed by atoms with Crippen molar-refractivity contribution >= 4 is 11.8 Å². The van der Waals surface area contributed by atoms with E-state index in [2.05, 4.69) is 61.5 Å². The fourth-order valence-electron chi connectivity index (χ4n) is 1.98. The van der Waals surface area contributed by atoms with E-state index in [1.165, 1.54) is 10.5 Å². The molecule has 0 N–H and O–H groups in total. The third-order valence-corrected chi connectivity index (χ3v) is 4.00. The molecule has 2 heteroatoms. The topological polar surface area (TPSA) is 0 Å². The third-order valence-electron chi connectivity index (χ3n) is 2.89. The van der Waals surface area contributed by atoms with Crippen molar-refractivity contribution in [3.8, 4) is 0 Å². The van der Waals surface area contributed by atoms with Gasteiger partial charge in [0.1, 0.15) is 0 Å². The van der Waals surface area contributed by atoms with Crippen molar-refractivity contribution in [3.63, 3.8) is 0 Å². The van der Waals surface area contributed by atoms with E-state index >= 15 is 0 Å². The first-order valence-electron chi connectivity index (χ1n) is 6.93. The van der Waals surface area contributed by atoms with Gasteiger partial charge in [-0.15, -0.1) is 11.8 Å². The van der Waals surface area contributed by atoms with Crippen LogP contribution in [0.15, 0.2) is 89.8 Å². The molecule has 0 heterocycles. The van der Waals surface area contributed by atoms with Gasteiger partial charge in [-0.05, 0) is 12.1 Å². The summed E-state index contributed by atoms with van der Waals surface area (Å²) in [4.78, 5) is 1.36. The maximum Gasteiger partial charge on any atom is 0.00744 e. The summed E-state index contributed by atoms with van der Waals surface area (Å²) in [5.41, 5.74) is 1.44. The molecule has 0 aromatic heterocycles. The van der Waals surface area contributed by atoms with Crippen molar-refractivity contribution in [2.75, 3.05) is 0 Å². The number of thioether (sulfide) groups is 1. The van der Waals surface area contributed by atoms with Crippen LogP contribution in [0.3, 0.4) is 0 Å². The number of benzene rings is 1. The van der Waals surface area contributed by atoms with Crippen LogP contribution in [-0.2, 0) is 23.5 Å². The Kier molecular flexibility index (Phi) is 8.93. The SMILES string of the molecule is CC(C[c-]1cccc1)Sc1ccccc1.[Fe].[cH-]1[cH-][cH-][cH-][cH-]1. The molecule has 0 nitrogen and oxygen atoms in total. The van der Waals surface area contributed by atoms with Gasteiger partial charge in [-0.2, -0.15) is 17.7 Å². The first-order chi connectivity index (χ1) is 9.84. The van der Waals surface area contributed by atoms with E-state index < -0.39 is 0 Å². The van der Waals surface area contributed by atoms with Crippen molar-refractivity contribution in [1.29, 1.82) is 0 Å². The van der Waals surface area contributed by atoms with Crippen molar-refractivity contribution in [2.24, 2.45) is 0 Å². The fraction of sp³-hybridized carbons (Fsp3) is 0.158. The van der Waals surface area contributed by atoms with Gasteiger partial charge in [0.05, 0.1) is 0 Å². The minimum Gasteiger partial charge on any atom is -0.748 e. The number of hydrogen-bond donors (Lipinski definition) is 0. The van der Waals surface area contributed by atoms with Crippen LogP contribution >= 0.6 is 11.8 Å². The second-order valence-electron chi connectivity index (χ2n) is 4.70. The van der Waals surface area contributed by atoms with Crippen LogP contribution in [0.1, 0.15) is 12.5 Å². The smallest absolute Gasteiger partial charge is 0.00744 e. The summed E-state index contributed by atoms with van der Waals surface area (Å²) in [5.74, 6) is 0. The summed E-state index contributed by atoms with van der Waals surface area (Å²) in [6.07, 6.45) is 1.15. The first-order valence-corrected chi connectivity index (χ1v) is 7.81. The Morgan fingerprint density at radius 1 is 0.905 bits per heavy atom. The predicted octanol–water partition coefficient (Wildman–Crippen LogP) is 5.53. The monoisotopic (exact) mass is 336 g/mol. The average molecular weight is 336 g/mol. The molecule has 0 saturated carbocycles. The molecule has 0 aliphatic rings. The van der Waals surface area contributed by atoms with Crippen molar-refractivity contribution in [3.05, 3.63) is 90.5 Å². The van der Waals surface area contributed by atoms with Gasteiger partial charge in [-0.1, -0.05) is 31.5 Å². The zero-order valence-corrected chi connectivity index (χ0v) is 14.0. The van der Waals surface area contributed by atoms with E-state index in [0.717, 1.165) is 6.42 Å². The molecule has 0 saturated heterocycles. The number of rotatable bonds is 4. The molecular weight excluding hydrogens is 316 g/mol. The Bertz CT molecular complexity index is 523. The number of hydrogen-bond acceptors (Lipinski definition) is 1. The molecule has 0 fully saturated rings. The van der Waals surface area contributed by atoms with E-state index in [-0.39, 0.29) is 17.1 Å². The summed E-state index contributed by atoms with van der Waals surface area (Å²) < 4.78 is 0. The molecule has 1 atom stereocenters. The Hall–Kier alpha value is -1.21. The summed E-state index contributed by atoms with van der Waals surface area (Å²) in [5, 5.41) is 0.634. The van der Waals surface area contributed by atoms with Crippen LogP contribution in [0, 0.1) is 0 Å². The molecule has 116 valence electrons. The first kappa shape index (κ1) is 17.8. The molecule has 0 spiro atoms. The molecular formula is C19H20FeS-6. The quantitative estimate of drug-likeness (QED) is 0.343. The van der Waals surface area contributed by atoms with Gasteiger partial charge in [0.25, 0.3) is 0 Å². The Morgan fingerprint density at radius 2 is 1.43 bits per heavy atom. The zero-order chi connectivity index (χ0) is 14.0. The Labute approximate surface area is 142 Å². The summed E-state index contributed by atoms with van der Waals surface area (Å²) in [6.45, 7) is 2.28. The molecule has 0 aliphatic carbocycles. The largest absolute Gasteiger partial charge is 0.748 e. The van der Waals surface area contributed by atoms with Gasteiger partial charge < -0.3 is 30.3 Å². The van der Waals surface area contributed by atoms with Crippen LogP contribution in [0.5, 0.6) is 0 Å². The van der Waals surface area contributed by atoms with Crippen LogP contribution in [0.2, 0.25) is 0 Å². The molecule has 3 aromatic rings. The van der Waals surface area contributed by atoms with Crippen molar-refractivity contribution in [1.82, 2.24) is 0 Å².